The average molecular weight is 793 g/mol. The zero-order valence-electron chi connectivity index (χ0n) is 38.1. The molecule has 0 saturated heterocycles. The summed E-state index contributed by atoms with van der Waals surface area (Å²) in [6.07, 6.45) is 43.7. The first-order valence-corrected chi connectivity index (χ1v) is 25.0. The van der Waals surface area contributed by atoms with Crippen LogP contribution in [0.2, 0.25) is 0 Å². The zero-order valence-corrected chi connectivity index (χ0v) is 38.1. The molecule has 0 aromatic heterocycles. The van der Waals surface area contributed by atoms with E-state index in [1.54, 1.807) is 0 Å². The van der Waals surface area contributed by atoms with Gasteiger partial charge in [0, 0.05) is 19.3 Å². The van der Waals surface area contributed by atoms with E-state index in [-0.39, 0.29) is 24.5 Å². The van der Waals surface area contributed by atoms with Gasteiger partial charge >= 0.3 is 17.9 Å². The molecule has 0 amide bonds. The molecule has 6 heteroatoms. The van der Waals surface area contributed by atoms with Gasteiger partial charge in [-0.3, -0.25) is 14.4 Å². The van der Waals surface area contributed by atoms with Crippen LogP contribution in [0.1, 0.15) is 285 Å². The van der Waals surface area contributed by atoms with Crippen molar-refractivity contribution in [3.63, 3.8) is 0 Å². The van der Waals surface area contributed by atoms with Crippen molar-refractivity contribution in [1.82, 2.24) is 0 Å². The molecule has 332 valence electrons. The van der Waals surface area contributed by atoms with Gasteiger partial charge in [0.05, 0.1) is 0 Å². The van der Waals surface area contributed by atoms with Crippen LogP contribution in [0.5, 0.6) is 0 Å². The second kappa shape index (κ2) is 44.5. The van der Waals surface area contributed by atoms with E-state index in [1.165, 1.54) is 154 Å². The Labute approximate surface area is 348 Å². The molecule has 0 saturated carbocycles. The first-order valence-electron chi connectivity index (χ1n) is 25.0. The molecule has 56 heavy (non-hydrogen) atoms. The maximum atomic E-state index is 13.1. The summed E-state index contributed by atoms with van der Waals surface area (Å²) in [5.41, 5.74) is 0. The Morgan fingerprint density at radius 3 is 0.875 bits per heavy atom. The third-order valence-corrected chi connectivity index (χ3v) is 11.4. The van der Waals surface area contributed by atoms with Crippen LogP contribution in [-0.4, -0.2) is 36.7 Å². The summed E-state index contributed by atoms with van der Waals surface area (Å²) in [5.74, 6) is -0.776. The number of rotatable bonds is 45. The smallest absolute Gasteiger partial charge is 0.306 e. The second-order valence-electron chi connectivity index (χ2n) is 17.1. The molecule has 0 aromatic carbocycles. The first-order chi connectivity index (χ1) is 27.5. The van der Waals surface area contributed by atoms with Gasteiger partial charge in [-0.05, 0) is 32.1 Å². The number of hydrogen-bond donors (Lipinski definition) is 0. The van der Waals surface area contributed by atoms with Crippen molar-refractivity contribution in [3.05, 3.63) is 0 Å². The summed E-state index contributed by atoms with van der Waals surface area (Å²) in [5, 5.41) is 0. The Morgan fingerprint density at radius 2 is 0.554 bits per heavy atom. The molecule has 0 aliphatic heterocycles. The molecule has 0 aromatic rings. The van der Waals surface area contributed by atoms with Crippen LogP contribution in [-0.2, 0) is 28.6 Å². The Kier molecular flexibility index (Phi) is 43.2. The molecule has 0 N–H and O–H groups in total. The predicted molar refractivity (Wildman–Crippen MR) is 238 cm³/mol. The summed E-state index contributed by atoms with van der Waals surface area (Å²) in [6.45, 7) is 8.87. The van der Waals surface area contributed by atoms with E-state index in [4.69, 9.17) is 14.2 Å². The SMILES string of the molecule is CCCCCCCCCCCCCC(=O)OCC(OC(=O)CCCCCCCCCCCCC)C(CCCCC)OC(=O)CCCCCCCCCCCCC. The molecule has 0 radical (unpaired) electrons. The topological polar surface area (TPSA) is 78.9 Å². The molecule has 0 spiro atoms. The van der Waals surface area contributed by atoms with Gasteiger partial charge in [0.2, 0.25) is 0 Å². The minimum absolute atomic E-state index is 0.0522. The van der Waals surface area contributed by atoms with Crippen LogP contribution in [0, 0.1) is 0 Å². The summed E-state index contributed by atoms with van der Waals surface area (Å²) in [4.78, 5) is 39.1. The highest BCUT2D eigenvalue weighted by molar-refractivity contribution is 5.71. The van der Waals surface area contributed by atoms with Gasteiger partial charge in [0.15, 0.2) is 6.10 Å². The fourth-order valence-electron chi connectivity index (χ4n) is 7.64. The average Bonchev–Trinajstić information content (AvgIpc) is 3.19. The maximum Gasteiger partial charge on any atom is 0.306 e. The van der Waals surface area contributed by atoms with Crippen LogP contribution >= 0.6 is 0 Å². The molecule has 0 rings (SSSR count). The van der Waals surface area contributed by atoms with Crippen LogP contribution in [0.15, 0.2) is 0 Å². The molecular weight excluding hydrogens is 697 g/mol. The van der Waals surface area contributed by atoms with Gasteiger partial charge in [-0.25, -0.2) is 0 Å². The standard InChI is InChI=1S/C50H96O6/c1-5-9-13-16-19-22-25-28-31-34-38-42-48(51)54-45-47(56-50(53)44-40-36-33-30-27-24-21-18-15-11-7-3)46(41-37-12-8-4)55-49(52)43-39-35-32-29-26-23-20-17-14-10-6-2/h46-47H,5-45H2,1-4H3. The molecule has 0 aliphatic rings. The maximum absolute atomic E-state index is 13.1. The summed E-state index contributed by atoms with van der Waals surface area (Å²) in [6, 6.07) is 0. The minimum atomic E-state index is -0.769. The highest BCUT2D eigenvalue weighted by Gasteiger charge is 2.30. The Balaban J connectivity index is 4.91. The predicted octanol–water partition coefficient (Wildman–Crippen LogP) is 16.0. The number of esters is 3. The number of ether oxygens (including phenoxy) is 3. The van der Waals surface area contributed by atoms with Gasteiger partial charge in [-0.1, -0.05) is 233 Å². The lowest BCUT2D eigenvalue weighted by Gasteiger charge is -2.27. The van der Waals surface area contributed by atoms with Crippen molar-refractivity contribution in [2.75, 3.05) is 6.61 Å². The van der Waals surface area contributed by atoms with E-state index >= 15 is 0 Å². The second-order valence-corrected chi connectivity index (χ2v) is 17.1. The lowest BCUT2D eigenvalue weighted by molar-refractivity contribution is -0.176. The van der Waals surface area contributed by atoms with Gasteiger partial charge in [0.1, 0.15) is 12.7 Å². The summed E-state index contributed by atoms with van der Waals surface area (Å²) < 4.78 is 17.8. The van der Waals surface area contributed by atoms with Crippen molar-refractivity contribution < 1.29 is 28.6 Å². The molecule has 0 aliphatic carbocycles. The molecule has 6 nitrogen and oxygen atoms in total. The van der Waals surface area contributed by atoms with Gasteiger partial charge in [-0.2, -0.15) is 0 Å². The van der Waals surface area contributed by atoms with Crippen LogP contribution in [0.3, 0.4) is 0 Å². The lowest BCUT2D eigenvalue weighted by Crippen LogP contribution is -2.39. The van der Waals surface area contributed by atoms with Gasteiger partial charge in [-0.15, -0.1) is 0 Å². The Hall–Kier alpha value is -1.59. The molecule has 0 fully saturated rings. The van der Waals surface area contributed by atoms with E-state index in [2.05, 4.69) is 27.7 Å². The molecular formula is C50H96O6. The molecule has 0 heterocycles. The first kappa shape index (κ1) is 54.4. The van der Waals surface area contributed by atoms with Gasteiger partial charge in [0.25, 0.3) is 0 Å². The van der Waals surface area contributed by atoms with Crippen molar-refractivity contribution in [1.29, 1.82) is 0 Å². The van der Waals surface area contributed by atoms with Crippen molar-refractivity contribution >= 4 is 17.9 Å². The van der Waals surface area contributed by atoms with E-state index in [0.29, 0.717) is 25.7 Å². The highest BCUT2D eigenvalue weighted by Crippen LogP contribution is 2.20. The quantitative estimate of drug-likeness (QED) is 0.0347. The number of hydrogen-bond acceptors (Lipinski definition) is 6. The van der Waals surface area contributed by atoms with Crippen LogP contribution in [0.25, 0.3) is 0 Å². The fraction of sp³-hybridized carbons (Fsp3) is 0.940. The molecule has 0 bridgehead atoms. The third-order valence-electron chi connectivity index (χ3n) is 11.4. The number of carbonyl (C=O) groups is 3. The Morgan fingerprint density at radius 1 is 0.304 bits per heavy atom. The normalized spacial score (nSPS) is 12.4. The third kappa shape index (κ3) is 39.2. The fourth-order valence-corrected chi connectivity index (χ4v) is 7.64. The largest absolute Gasteiger partial charge is 0.462 e. The summed E-state index contributed by atoms with van der Waals surface area (Å²) >= 11 is 0. The number of unbranched alkanes of at least 4 members (excludes halogenated alkanes) is 32. The van der Waals surface area contributed by atoms with Crippen LogP contribution < -0.4 is 0 Å². The van der Waals surface area contributed by atoms with Crippen molar-refractivity contribution in [2.24, 2.45) is 0 Å². The van der Waals surface area contributed by atoms with E-state index in [0.717, 1.165) is 77.0 Å². The Bertz CT molecular complexity index is 843. The highest BCUT2D eigenvalue weighted by atomic mass is 16.6. The lowest BCUT2D eigenvalue weighted by atomic mass is 10.0. The van der Waals surface area contributed by atoms with Crippen molar-refractivity contribution in [3.8, 4) is 0 Å². The minimum Gasteiger partial charge on any atom is -0.462 e. The van der Waals surface area contributed by atoms with E-state index in [1.807, 2.05) is 0 Å². The summed E-state index contributed by atoms with van der Waals surface area (Å²) in [7, 11) is 0. The van der Waals surface area contributed by atoms with Gasteiger partial charge < -0.3 is 14.2 Å². The number of carbonyl (C=O) groups excluding carboxylic acids is 3. The zero-order chi connectivity index (χ0) is 41.0. The van der Waals surface area contributed by atoms with E-state index < -0.39 is 12.2 Å². The van der Waals surface area contributed by atoms with E-state index in [9.17, 15) is 14.4 Å². The monoisotopic (exact) mass is 793 g/mol. The molecule has 2 atom stereocenters. The van der Waals surface area contributed by atoms with Crippen LogP contribution in [0.4, 0.5) is 0 Å². The molecule has 2 unspecified atom stereocenters. The van der Waals surface area contributed by atoms with Crippen molar-refractivity contribution in [2.45, 2.75) is 297 Å².